The summed E-state index contributed by atoms with van der Waals surface area (Å²) in [6.07, 6.45) is 2.45. The first-order valence-electron chi connectivity index (χ1n) is 5.43. The molecule has 0 saturated heterocycles. The highest BCUT2D eigenvalue weighted by molar-refractivity contribution is 7.92. The molecular weight excluding hydrogens is 300 g/mol. The number of aryl methyl sites for hydroxylation is 1. The van der Waals surface area contributed by atoms with Crippen LogP contribution in [-0.4, -0.2) is 18.4 Å². The van der Waals surface area contributed by atoms with Crippen LogP contribution in [0.1, 0.15) is 11.3 Å². The van der Waals surface area contributed by atoms with Crippen molar-refractivity contribution < 1.29 is 8.42 Å². The molecule has 0 unspecified atom stereocenters. The lowest BCUT2D eigenvalue weighted by Gasteiger charge is -2.08. The summed E-state index contributed by atoms with van der Waals surface area (Å²) in [5.74, 6) is 0. The molecular formula is C12H9ClN4O2S. The smallest absolute Gasteiger partial charge is 0.263 e. The number of nitrogens with zero attached hydrogens (tertiary/aromatic N) is 3. The topological polar surface area (TPSA) is 95.7 Å². The van der Waals surface area contributed by atoms with Crippen LogP contribution >= 0.6 is 11.6 Å². The van der Waals surface area contributed by atoms with E-state index in [2.05, 4.69) is 14.7 Å². The average molecular weight is 309 g/mol. The van der Waals surface area contributed by atoms with E-state index in [0.717, 1.165) is 6.20 Å². The summed E-state index contributed by atoms with van der Waals surface area (Å²) in [5, 5.41) is 8.94. The molecule has 6 nitrogen and oxygen atoms in total. The van der Waals surface area contributed by atoms with Gasteiger partial charge in [-0.2, -0.15) is 5.26 Å². The molecule has 0 aromatic carbocycles. The van der Waals surface area contributed by atoms with Crippen molar-refractivity contribution in [3.63, 3.8) is 0 Å². The molecule has 1 N–H and O–H groups in total. The zero-order valence-corrected chi connectivity index (χ0v) is 11.9. The second-order valence-electron chi connectivity index (χ2n) is 3.93. The van der Waals surface area contributed by atoms with Crippen molar-refractivity contribution >= 4 is 27.3 Å². The number of sulfonamides is 1. The second-order valence-corrected chi connectivity index (χ2v) is 5.97. The van der Waals surface area contributed by atoms with Crippen LogP contribution in [0.15, 0.2) is 35.5 Å². The van der Waals surface area contributed by atoms with E-state index in [1.54, 1.807) is 13.0 Å². The number of pyridine rings is 2. The Morgan fingerprint density at radius 1 is 1.30 bits per heavy atom. The van der Waals surface area contributed by atoms with E-state index >= 15 is 0 Å². The molecule has 0 saturated carbocycles. The number of nitrogens with one attached hydrogen (secondary N) is 1. The van der Waals surface area contributed by atoms with E-state index in [9.17, 15) is 8.42 Å². The van der Waals surface area contributed by atoms with Crippen molar-refractivity contribution in [1.82, 2.24) is 9.97 Å². The molecule has 0 fully saturated rings. The summed E-state index contributed by atoms with van der Waals surface area (Å²) in [6.45, 7) is 1.72. The van der Waals surface area contributed by atoms with Gasteiger partial charge in [0.2, 0.25) is 0 Å². The fourth-order valence-electron chi connectivity index (χ4n) is 1.43. The molecule has 102 valence electrons. The number of hydrogen-bond donors (Lipinski definition) is 1. The van der Waals surface area contributed by atoms with Crippen molar-refractivity contribution in [2.24, 2.45) is 0 Å². The molecule has 0 amide bonds. The van der Waals surface area contributed by atoms with Crippen molar-refractivity contribution in [2.75, 3.05) is 4.72 Å². The first-order valence-corrected chi connectivity index (χ1v) is 7.29. The van der Waals surface area contributed by atoms with Gasteiger partial charge in [0.15, 0.2) is 0 Å². The van der Waals surface area contributed by atoms with Crippen LogP contribution in [0, 0.1) is 18.3 Å². The monoisotopic (exact) mass is 308 g/mol. The Balaban J connectivity index is 2.30. The molecule has 2 rings (SSSR count). The van der Waals surface area contributed by atoms with E-state index < -0.39 is 10.0 Å². The normalized spacial score (nSPS) is 10.8. The summed E-state index contributed by atoms with van der Waals surface area (Å²) < 4.78 is 26.6. The lowest BCUT2D eigenvalue weighted by molar-refractivity contribution is 0.601. The van der Waals surface area contributed by atoms with Crippen LogP contribution in [0.25, 0.3) is 0 Å². The van der Waals surface area contributed by atoms with Crippen molar-refractivity contribution in [3.8, 4) is 6.07 Å². The van der Waals surface area contributed by atoms with E-state index in [1.807, 2.05) is 6.07 Å². The van der Waals surface area contributed by atoms with Crippen molar-refractivity contribution in [3.05, 3.63) is 47.0 Å². The number of nitriles is 1. The molecule has 0 aliphatic rings. The lowest BCUT2D eigenvalue weighted by Crippen LogP contribution is -2.13. The Morgan fingerprint density at radius 2 is 2.05 bits per heavy atom. The van der Waals surface area contributed by atoms with Gasteiger partial charge >= 0.3 is 0 Å². The second kappa shape index (κ2) is 5.45. The summed E-state index contributed by atoms with van der Waals surface area (Å²) in [6, 6.07) is 6.03. The largest absolute Gasteiger partial charge is 0.278 e. The number of halogens is 1. The van der Waals surface area contributed by atoms with Gasteiger partial charge in [-0.15, -0.1) is 0 Å². The molecule has 8 heteroatoms. The third-order valence-corrected chi connectivity index (χ3v) is 4.19. The molecule has 20 heavy (non-hydrogen) atoms. The Bertz CT molecular complexity index is 782. The SMILES string of the molecule is Cc1cc(NS(=O)(=O)c2ccc(C#N)nc2)cnc1Cl. The summed E-state index contributed by atoms with van der Waals surface area (Å²) in [4.78, 5) is 7.55. The minimum Gasteiger partial charge on any atom is -0.278 e. The Hall–Kier alpha value is -2.17. The highest BCUT2D eigenvalue weighted by Crippen LogP contribution is 2.19. The minimum atomic E-state index is -3.77. The number of rotatable bonds is 3. The number of aromatic nitrogens is 2. The van der Waals surface area contributed by atoms with Crippen LogP contribution in [0.4, 0.5) is 5.69 Å². The van der Waals surface area contributed by atoms with Crippen LogP contribution < -0.4 is 4.72 Å². The molecule has 2 heterocycles. The van der Waals surface area contributed by atoms with E-state index in [1.165, 1.54) is 18.3 Å². The van der Waals surface area contributed by atoms with Gasteiger partial charge in [-0.25, -0.2) is 18.4 Å². The van der Waals surface area contributed by atoms with Gasteiger partial charge in [0, 0.05) is 6.20 Å². The zero-order chi connectivity index (χ0) is 14.8. The maximum absolute atomic E-state index is 12.1. The van der Waals surface area contributed by atoms with Gasteiger partial charge in [0.1, 0.15) is 21.8 Å². The predicted molar refractivity (Wildman–Crippen MR) is 73.7 cm³/mol. The Labute approximate surface area is 121 Å². The summed E-state index contributed by atoms with van der Waals surface area (Å²) in [7, 11) is -3.77. The maximum Gasteiger partial charge on any atom is 0.263 e. The highest BCUT2D eigenvalue weighted by Gasteiger charge is 2.15. The van der Waals surface area contributed by atoms with E-state index in [-0.39, 0.29) is 10.6 Å². The third-order valence-electron chi connectivity index (χ3n) is 2.43. The molecule has 0 atom stereocenters. The van der Waals surface area contributed by atoms with Crippen molar-refractivity contribution in [1.29, 1.82) is 5.26 Å². The first kappa shape index (κ1) is 14.2. The molecule has 0 aliphatic carbocycles. The number of hydrogen-bond acceptors (Lipinski definition) is 5. The fraction of sp³-hybridized carbons (Fsp3) is 0.0833. The summed E-state index contributed by atoms with van der Waals surface area (Å²) in [5.41, 5.74) is 1.11. The maximum atomic E-state index is 12.1. The molecule has 0 aliphatic heterocycles. The van der Waals surface area contributed by atoms with Gasteiger partial charge in [0.05, 0.1) is 11.9 Å². The van der Waals surface area contributed by atoms with Gasteiger partial charge < -0.3 is 0 Å². The van der Waals surface area contributed by atoms with Gasteiger partial charge in [-0.05, 0) is 30.7 Å². The molecule has 0 spiro atoms. The first-order chi connectivity index (χ1) is 9.42. The van der Waals surface area contributed by atoms with Crippen molar-refractivity contribution in [2.45, 2.75) is 11.8 Å². The molecule has 0 radical (unpaired) electrons. The molecule has 0 bridgehead atoms. The fourth-order valence-corrected chi connectivity index (χ4v) is 2.52. The third kappa shape index (κ3) is 3.04. The van der Waals surface area contributed by atoms with Gasteiger partial charge in [-0.1, -0.05) is 11.6 Å². The Morgan fingerprint density at radius 3 is 2.60 bits per heavy atom. The Kier molecular flexibility index (Phi) is 3.88. The standard InChI is InChI=1S/C12H9ClN4O2S/c1-8-4-10(6-16-12(8)13)17-20(18,19)11-3-2-9(5-14)15-7-11/h2-4,6-7,17H,1H3. The molecule has 2 aromatic rings. The van der Waals surface area contributed by atoms with Crippen LogP contribution in [0.3, 0.4) is 0 Å². The van der Waals surface area contributed by atoms with E-state index in [4.69, 9.17) is 16.9 Å². The lowest BCUT2D eigenvalue weighted by atomic mass is 10.3. The summed E-state index contributed by atoms with van der Waals surface area (Å²) >= 11 is 5.77. The van der Waals surface area contributed by atoms with Gasteiger partial charge in [0.25, 0.3) is 10.0 Å². The van der Waals surface area contributed by atoms with Crippen LogP contribution in [0.2, 0.25) is 5.15 Å². The van der Waals surface area contributed by atoms with Gasteiger partial charge in [-0.3, -0.25) is 4.72 Å². The average Bonchev–Trinajstić information content (AvgIpc) is 2.43. The molecule has 2 aromatic heterocycles. The van der Waals surface area contributed by atoms with Crippen LogP contribution in [-0.2, 0) is 10.0 Å². The minimum absolute atomic E-state index is 0.0379. The quantitative estimate of drug-likeness (QED) is 0.876. The highest BCUT2D eigenvalue weighted by atomic mass is 35.5. The number of anilines is 1. The predicted octanol–water partition coefficient (Wildman–Crippen LogP) is 2.11. The van der Waals surface area contributed by atoms with E-state index in [0.29, 0.717) is 16.4 Å². The van der Waals surface area contributed by atoms with Crippen LogP contribution in [0.5, 0.6) is 0 Å². The zero-order valence-electron chi connectivity index (χ0n) is 10.3.